The number of nitrogens with zero attached hydrogens (tertiary/aromatic N) is 9. The third-order valence-electron chi connectivity index (χ3n) is 6.09. The van der Waals surface area contributed by atoms with E-state index in [1.54, 1.807) is 0 Å². The Morgan fingerprint density at radius 1 is 0.585 bits per heavy atom. The van der Waals surface area contributed by atoms with E-state index in [1.807, 2.05) is 0 Å². The maximum Gasteiger partial charge on any atom is 0.472 e. The Hall–Kier alpha value is -5.84. The molecule has 0 radical (unpaired) electrons. The van der Waals surface area contributed by atoms with Crippen molar-refractivity contribution in [3.8, 4) is 0 Å². The van der Waals surface area contributed by atoms with E-state index >= 15 is 0 Å². The summed E-state index contributed by atoms with van der Waals surface area (Å²) in [5.41, 5.74) is 24.0. The van der Waals surface area contributed by atoms with Crippen LogP contribution in [0.15, 0.2) is 15.3 Å². The summed E-state index contributed by atoms with van der Waals surface area (Å²) in [5, 5.41) is 27.8. The number of hydrogen-bond donors (Lipinski definition) is 6. The van der Waals surface area contributed by atoms with Crippen LogP contribution in [0.25, 0.3) is 31.3 Å². The summed E-state index contributed by atoms with van der Waals surface area (Å²) in [6.07, 6.45) is 0.778. The molecule has 0 rings (SSSR count). The van der Waals surface area contributed by atoms with Gasteiger partial charge in [-0.15, -0.1) is 0 Å². The van der Waals surface area contributed by atoms with Crippen molar-refractivity contribution in [3.63, 3.8) is 0 Å². The van der Waals surface area contributed by atoms with Gasteiger partial charge >= 0.3 is 13.8 Å². The average molecular weight is 958 g/mol. The fourth-order valence-electron chi connectivity index (χ4n) is 3.34. The fourth-order valence-corrected chi connectivity index (χ4v) is 4.12. The second-order valence-corrected chi connectivity index (χ2v) is 13.0. The van der Waals surface area contributed by atoms with Crippen LogP contribution in [0.2, 0.25) is 0 Å². The molecule has 0 saturated carbocycles. The normalized spacial score (nSPS) is 11.3. The van der Waals surface area contributed by atoms with Gasteiger partial charge in [-0.2, -0.15) is 0 Å². The number of carbonyl (C=O) groups is 8. The predicted octanol–water partition coefficient (Wildman–Crippen LogP) is -1.33. The molecule has 0 saturated heterocycles. The summed E-state index contributed by atoms with van der Waals surface area (Å²) in [6, 6.07) is 0. The first-order valence-corrected chi connectivity index (χ1v) is 20.4. The highest BCUT2D eigenvalue weighted by Crippen LogP contribution is 2.43. The molecule has 2 atom stereocenters. The minimum absolute atomic E-state index is 0.0541. The predicted molar refractivity (Wildman–Crippen MR) is 219 cm³/mol. The largest absolute Gasteiger partial charge is 0.480 e. The number of phosphoric ester groups is 1. The molecule has 0 spiro atoms. The first-order chi connectivity index (χ1) is 31.2. The van der Waals surface area contributed by atoms with Crippen LogP contribution >= 0.6 is 7.82 Å². The number of phosphoric acid groups is 1. The van der Waals surface area contributed by atoms with E-state index in [-0.39, 0.29) is 143 Å². The van der Waals surface area contributed by atoms with Gasteiger partial charge in [0.1, 0.15) is 52.2 Å². The zero-order valence-corrected chi connectivity index (χ0v) is 36.5. The van der Waals surface area contributed by atoms with E-state index in [9.17, 15) is 47.8 Å². The molecule has 32 nitrogen and oxygen atoms in total. The number of carboxylic acid groups (broad SMARTS) is 1. The first-order valence-electron chi connectivity index (χ1n) is 19.0. The van der Waals surface area contributed by atoms with Gasteiger partial charge in [-0.1, -0.05) is 15.3 Å². The molecule has 6 N–H and O–H groups in total. The molecule has 0 bridgehead atoms. The van der Waals surface area contributed by atoms with Crippen LogP contribution in [0.1, 0.15) is 13.3 Å². The lowest BCUT2D eigenvalue weighted by Crippen LogP contribution is -2.33. The Bertz CT molecular complexity index is 1520. The standard InChI is InChI=1S/C15H26N5O10P.C9H16N4O4.C8H14N4O5/c16-20-19-4-7-28-12-14(23)17-2-6-27-11-15(24)18-3-8-29-31(25,26)30-10-13(9-22)1-5-21;1-8(14)6-16-4-2-11-9(15)7-17-5-3-12-13-10;9-12-11-2-4-16-5-7(13)10-1-3-17-6-8(14)15/h5,9,13H,1-4,6-8,10-12H2,(H,17,23)(H,18,24)(H,25,26);2-7H2,1H3,(H,11,15);1-6H2,(H,10,13)(H,14,15). The van der Waals surface area contributed by atoms with E-state index in [2.05, 4.69) is 60.4 Å². The summed E-state index contributed by atoms with van der Waals surface area (Å²) in [4.78, 5) is 104. The Morgan fingerprint density at radius 2 is 0.938 bits per heavy atom. The van der Waals surface area contributed by atoms with Crippen LogP contribution < -0.4 is 21.3 Å². The quantitative estimate of drug-likeness (QED) is 0.0103. The van der Waals surface area contributed by atoms with Gasteiger partial charge < -0.3 is 69.3 Å². The van der Waals surface area contributed by atoms with Crippen molar-refractivity contribution in [1.82, 2.24) is 21.3 Å². The minimum atomic E-state index is -4.43. The second kappa shape index (κ2) is 47.6. The molecule has 0 fully saturated rings. The van der Waals surface area contributed by atoms with Crippen molar-refractivity contribution in [2.45, 2.75) is 13.3 Å². The molecule has 65 heavy (non-hydrogen) atoms. The van der Waals surface area contributed by atoms with Gasteiger partial charge in [0.25, 0.3) is 0 Å². The molecule has 0 aromatic heterocycles. The smallest absolute Gasteiger partial charge is 0.472 e. The lowest BCUT2D eigenvalue weighted by molar-refractivity contribution is -0.142. The molecule has 0 aliphatic rings. The molecule has 0 aliphatic carbocycles. The molecule has 4 amide bonds. The van der Waals surface area contributed by atoms with Crippen molar-refractivity contribution in [3.05, 3.63) is 31.3 Å². The third kappa shape index (κ3) is 54.2. The summed E-state index contributed by atoms with van der Waals surface area (Å²) in [6.45, 7) is 1.60. The number of carbonyl (C=O) groups excluding carboxylic acids is 7. The number of azide groups is 3. The monoisotopic (exact) mass is 957 g/mol. The van der Waals surface area contributed by atoms with Crippen molar-refractivity contribution in [1.29, 1.82) is 0 Å². The molecule has 0 aromatic carbocycles. The zero-order chi connectivity index (χ0) is 49.2. The molecule has 0 heterocycles. The third-order valence-corrected chi connectivity index (χ3v) is 7.07. The van der Waals surface area contributed by atoms with Crippen molar-refractivity contribution >= 4 is 55.8 Å². The highest BCUT2D eigenvalue weighted by molar-refractivity contribution is 7.47. The van der Waals surface area contributed by atoms with Crippen LogP contribution in [-0.2, 0) is 80.4 Å². The number of carboxylic acids is 1. The van der Waals surface area contributed by atoms with Crippen LogP contribution in [0.3, 0.4) is 0 Å². The lowest BCUT2D eigenvalue weighted by atomic mass is 10.1. The molecular weight excluding hydrogens is 901 g/mol. The van der Waals surface area contributed by atoms with Gasteiger partial charge in [0.05, 0.1) is 52.9 Å². The van der Waals surface area contributed by atoms with E-state index < -0.39 is 44.7 Å². The van der Waals surface area contributed by atoms with E-state index in [1.165, 1.54) is 6.92 Å². The van der Waals surface area contributed by atoms with Crippen molar-refractivity contribution < 1.29 is 90.4 Å². The van der Waals surface area contributed by atoms with Gasteiger partial charge in [0.15, 0.2) is 5.78 Å². The van der Waals surface area contributed by atoms with Crippen molar-refractivity contribution in [2.24, 2.45) is 21.3 Å². The van der Waals surface area contributed by atoms with Gasteiger partial charge in [-0.05, 0) is 23.5 Å². The highest BCUT2D eigenvalue weighted by Gasteiger charge is 2.23. The molecule has 0 aliphatic heterocycles. The Kier molecular flexibility index (Phi) is 46.5. The molecule has 33 heteroatoms. The summed E-state index contributed by atoms with van der Waals surface area (Å²) < 4.78 is 50.2. The van der Waals surface area contributed by atoms with Crippen LogP contribution in [0, 0.1) is 5.92 Å². The van der Waals surface area contributed by atoms with E-state index in [4.69, 9.17) is 50.1 Å². The number of nitrogens with one attached hydrogen (secondary N) is 4. The fraction of sp³-hybridized carbons (Fsp3) is 0.750. The summed E-state index contributed by atoms with van der Waals surface area (Å²) >= 11 is 0. The Labute approximate surface area is 371 Å². The average Bonchev–Trinajstić information content (AvgIpc) is 3.26. The topological polar surface area (TPSA) is 462 Å². The van der Waals surface area contributed by atoms with E-state index in [0.29, 0.717) is 19.1 Å². The number of Topliss-reactive ketones (excluding diaryl/α,β-unsaturated/α-hetero) is 1. The zero-order valence-electron chi connectivity index (χ0n) is 35.6. The number of rotatable bonds is 40. The van der Waals surface area contributed by atoms with E-state index in [0.717, 1.165) is 0 Å². The number of amides is 4. The number of hydrogen-bond acceptors (Lipinski definition) is 20. The van der Waals surface area contributed by atoms with Crippen LogP contribution in [-0.4, -0.2) is 196 Å². The first kappa shape index (κ1) is 63.4. The highest BCUT2D eigenvalue weighted by atomic mass is 31.2. The Balaban J connectivity index is -0.000000960. The number of aldehydes is 2. The van der Waals surface area contributed by atoms with Crippen molar-refractivity contribution in [2.75, 3.05) is 138 Å². The number of ketones is 1. The lowest BCUT2D eigenvalue weighted by Gasteiger charge is -2.14. The summed E-state index contributed by atoms with van der Waals surface area (Å²) in [7, 11) is -4.43. The number of aliphatic carboxylic acids is 1. The summed E-state index contributed by atoms with van der Waals surface area (Å²) in [5.74, 6) is -3.50. The van der Waals surface area contributed by atoms with Gasteiger partial charge in [0, 0.05) is 72.9 Å². The van der Waals surface area contributed by atoms with Gasteiger partial charge in [-0.3, -0.25) is 33.0 Å². The van der Waals surface area contributed by atoms with Gasteiger partial charge in [-0.25, -0.2) is 9.36 Å². The Morgan fingerprint density at radius 3 is 1.28 bits per heavy atom. The molecular formula is C32H56N13O19P. The van der Waals surface area contributed by atoms with Crippen LogP contribution in [0.5, 0.6) is 0 Å². The minimum Gasteiger partial charge on any atom is -0.480 e. The van der Waals surface area contributed by atoms with Gasteiger partial charge in [0.2, 0.25) is 23.6 Å². The molecule has 2 unspecified atom stereocenters. The SMILES string of the molecule is CC(=O)COCCNC(=O)COCCN=[N+]=[N-].[N-]=[N+]=NCCOCC(=O)NCCOCC(=O)NCCOP(=O)(O)OCC(C=O)CC=O.[N-]=[N+]=NCCOCC(=O)NCCOCC(=O)O. The maximum absolute atomic E-state index is 11.6. The molecule has 368 valence electrons. The second-order valence-electron chi connectivity index (χ2n) is 11.6. The molecule has 0 aromatic rings. The maximum atomic E-state index is 11.6. The number of ether oxygens (including phenoxy) is 6. The van der Waals surface area contributed by atoms with Crippen LogP contribution in [0.4, 0.5) is 0 Å².